The molecule has 0 radical (unpaired) electrons. The van der Waals surface area contributed by atoms with Gasteiger partial charge in [0.2, 0.25) is 5.95 Å². The van der Waals surface area contributed by atoms with Crippen LogP contribution in [0.15, 0.2) is 36.5 Å². The second-order valence-corrected chi connectivity index (χ2v) is 5.82. The molecule has 1 fully saturated rings. The lowest BCUT2D eigenvalue weighted by molar-refractivity contribution is 0.0787. The summed E-state index contributed by atoms with van der Waals surface area (Å²) in [6.07, 6.45) is 3.83. The number of aryl methyl sites for hydroxylation is 1. The van der Waals surface area contributed by atoms with Crippen LogP contribution in [0.1, 0.15) is 35.8 Å². The number of hydrogen-bond acceptors (Lipinski definition) is 4. The molecule has 120 valence electrons. The number of hydrogen-bond donors (Lipinski definition) is 0. The lowest BCUT2D eigenvalue weighted by Gasteiger charge is -2.22. The van der Waals surface area contributed by atoms with Gasteiger partial charge in [0.25, 0.3) is 5.91 Å². The van der Waals surface area contributed by atoms with Crippen molar-refractivity contribution in [3.8, 4) is 0 Å². The fraction of sp³-hybridized carbons (Fsp3) is 0.389. The molecule has 1 saturated heterocycles. The number of anilines is 2. The molecule has 0 N–H and O–H groups in total. The summed E-state index contributed by atoms with van der Waals surface area (Å²) >= 11 is 0. The van der Waals surface area contributed by atoms with Crippen LogP contribution in [0, 0.1) is 6.92 Å². The summed E-state index contributed by atoms with van der Waals surface area (Å²) in [6.45, 7) is 6.51. The van der Waals surface area contributed by atoms with Crippen LogP contribution < -0.4 is 4.90 Å². The van der Waals surface area contributed by atoms with E-state index in [1.165, 1.54) is 5.56 Å². The first-order valence-corrected chi connectivity index (χ1v) is 8.15. The van der Waals surface area contributed by atoms with Crippen molar-refractivity contribution in [3.63, 3.8) is 0 Å². The smallest absolute Gasteiger partial charge is 0.272 e. The first kappa shape index (κ1) is 15.5. The highest BCUT2D eigenvalue weighted by Gasteiger charge is 2.21. The van der Waals surface area contributed by atoms with Crippen LogP contribution in [-0.2, 0) is 0 Å². The van der Waals surface area contributed by atoms with Crippen LogP contribution in [0.5, 0.6) is 0 Å². The number of amides is 1. The maximum atomic E-state index is 12.5. The van der Waals surface area contributed by atoms with Crippen LogP contribution in [0.2, 0.25) is 0 Å². The van der Waals surface area contributed by atoms with E-state index in [1.807, 2.05) is 21.9 Å². The van der Waals surface area contributed by atoms with Crippen LogP contribution in [0.25, 0.3) is 0 Å². The monoisotopic (exact) mass is 310 g/mol. The fourth-order valence-corrected chi connectivity index (χ4v) is 2.92. The fourth-order valence-electron chi connectivity index (χ4n) is 2.92. The molecule has 2 aromatic rings. The molecule has 23 heavy (non-hydrogen) atoms. The predicted octanol–water partition coefficient (Wildman–Crippen LogP) is 3.18. The van der Waals surface area contributed by atoms with Crippen LogP contribution in [-0.4, -0.2) is 40.4 Å². The molecule has 0 spiro atoms. The van der Waals surface area contributed by atoms with Gasteiger partial charge in [0.15, 0.2) is 0 Å². The molecular weight excluding hydrogens is 288 g/mol. The molecule has 1 aromatic carbocycles. The normalized spacial score (nSPS) is 14.1. The number of nitrogens with zero attached hydrogens (tertiary/aromatic N) is 4. The number of carbonyl (C=O) groups excluding carboxylic acids is 1. The van der Waals surface area contributed by atoms with Gasteiger partial charge in [-0.2, -0.15) is 0 Å². The standard InChI is InChI=1S/C18H22N4O/c1-3-22(15-8-6-7-14(2)13-15)18-19-10-9-16(20-18)17(23)21-11-4-5-12-21/h6-10,13H,3-5,11-12H2,1-2H3. The van der Waals surface area contributed by atoms with Gasteiger partial charge in [0.05, 0.1) is 0 Å². The minimum absolute atomic E-state index is 0.00597. The molecule has 1 aromatic heterocycles. The zero-order valence-electron chi connectivity index (χ0n) is 13.7. The summed E-state index contributed by atoms with van der Waals surface area (Å²) in [6, 6.07) is 9.92. The molecule has 5 nitrogen and oxygen atoms in total. The highest BCUT2D eigenvalue weighted by Crippen LogP contribution is 2.23. The van der Waals surface area contributed by atoms with E-state index >= 15 is 0 Å². The zero-order valence-corrected chi connectivity index (χ0v) is 13.7. The summed E-state index contributed by atoms with van der Waals surface area (Å²) in [5, 5.41) is 0. The second kappa shape index (κ2) is 6.77. The van der Waals surface area contributed by atoms with Gasteiger partial charge in [0.1, 0.15) is 5.69 Å². The molecule has 2 heterocycles. The summed E-state index contributed by atoms with van der Waals surface area (Å²) < 4.78 is 0. The van der Waals surface area contributed by atoms with Gasteiger partial charge in [-0.25, -0.2) is 9.97 Å². The molecule has 3 rings (SSSR count). The van der Waals surface area contributed by atoms with E-state index in [0.29, 0.717) is 11.6 Å². The van der Waals surface area contributed by atoms with Crippen molar-refractivity contribution in [2.45, 2.75) is 26.7 Å². The Morgan fingerprint density at radius 3 is 2.74 bits per heavy atom. The maximum Gasteiger partial charge on any atom is 0.272 e. The Labute approximate surface area is 137 Å². The summed E-state index contributed by atoms with van der Waals surface area (Å²) in [5.41, 5.74) is 2.70. The Morgan fingerprint density at radius 1 is 1.26 bits per heavy atom. The van der Waals surface area contributed by atoms with Gasteiger partial charge in [0, 0.05) is 31.5 Å². The van der Waals surface area contributed by atoms with Gasteiger partial charge >= 0.3 is 0 Å². The van der Waals surface area contributed by atoms with Crippen LogP contribution in [0.3, 0.4) is 0 Å². The lowest BCUT2D eigenvalue weighted by Crippen LogP contribution is -2.29. The number of benzene rings is 1. The minimum atomic E-state index is 0.00597. The second-order valence-electron chi connectivity index (χ2n) is 5.82. The Morgan fingerprint density at radius 2 is 2.04 bits per heavy atom. The summed E-state index contributed by atoms with van der Waals surface area (Å²) in [7, 11) is 0. The molecule has 1 aliphatic heterocycles. The molecule has 0 unspecified atom stereocenters. The van der Waals surface area contributed by atoms with E-state index in [2.05, 4.69) is 35.9 Å². The van der Waals surface area contributed by atoms with Crippen molar-refractivity contribution in [2.75, 3.05) is 24.5 Å². The van der Waals surface area contributed by atoms with Gasteiger partial charge in [-0.15, -0.1) is 0 Å². The SMILES string of the molecule is CCN(c1cccc(C)c1)c1nccc(C(=O)N2CCCC2)n1. The van der Waals surface area contributed by atoms with E-state index in [9.17, 15) is 4.79 Å². The van der Waals surface area contributed by atoms with E-state index in [1.54, 1.807) is 12.3 Å². The van der Waals surface area contributed by atoms with Crippen molar-refractivity contribution in [2.24, 2.45) is 0 Å². The average Bonchev–Trinajstić information content (AvgIpc) is 3.10. The molecule has 0 bridgehead atoms. The highest BCUT2D eigenvalue weighted by atomic mass is 16.2. The van der Waals surface area contributed by atoms with Crippen LogP contribution >= 0.6 is 0 Å². The predicted molar refractivity (Wildman–Crippen MR) is 91.0 cm³/mol. The quantitative estimate of drug-likeness (QED) is 0.870. The molecular formula is C18H22N4O. The van der Waals surface area contributed by atoms with Gasteiger partial charge < -0.3 is 9.80 Å². The average molecular weight is 310 g/mol. The van der Waals surface area contributed by atoms with Gasteiger partial charge in [-0.3, -0.25) is 4.79 Å². The number of aromatic nitrogens is 2. The lowest BCUT2D eigenvalue weighted by atomic mass is 10.2. The largest absolute Gasteiger partial charge is 0.337 e. The van der Waals surface area contributed by atoms with E-state index < -0.39 is 0 Å². The molecule has 0 aliphatic carbocycles. The molecule has 0 saturated carbocycles. The Hall–Kier alpha value is -2.43. The summed E-state index contributed by atoms with van der Waals surface area (Å²) in [5.74, 6) is 0.578. The molecule has 5 heteroatoms. The Kier molecular flexibility index (Phi) is 4.55. The third-order valence-electron chi connectivity index (χ3n) is 4.13. The zero-order chi connectivity index (χ0) is 16.2. The number of rotatable bonds is 4. The number of likely N-dealkylation sites (tertiary alicyclic amines) is 1. The molecule has 1 amide bonds. The highest BCUT2D eigenvalue weighted by molar-refractivity contribution is 5.92. The van der Waals surface area contributed by atoms with Crippen molar-refractivity contribution in [3.05, 3.63) is 47.8 Å². The van der Waals surface area contributed by atoms with Crippen molar-refractivity contribution >= 4 is 17.5 Å². The third-order valence-corrected chi connectivity index (χ3v) is 4.13. The first-order chi connectivity index (χ1) is 11.2. The first-order valence-electron chi connectivity index (χ1n) is 8.15. The van der Waals surface area contributed by atoms with E-state index in [-0.39, 0.29) is 5.91 Å². The summed E-state index contributed by atoms with van der Waals surface area (Å²) in [4.78, 5) is 25.3. The minimum Gasteiger partial charge on any atom is -0.337 e. The van der Waals surface area contributed by atoms with Crippen molar-refractivity contribution in [1.29, 1.82) is 0 Å². The third kappa shape index (κ3) is 3.33. The van der Waals surface area contributed by atoms with E-state index in [4.69, 9.17) is 0 Å². The Bertz CT molecular complexity index is 695. The topological polar surface area (TPSA) is 49.3 Å². The van der Waals surface area contributed by atoms with Gasteiger partial charge in [-0.05, 0) is 50.5 Å². The van der Waals surface area contributed by atoms with E-state index in [0.717, 1.165) is 38.2 Å². The van der Waals surface area contributed by atoms with Crippen molar-refractivity contribution in [1.82, 2.24) is 14.9 Å². The van der Waals surface area contributed by atoms with Gasteiger partial charge in [-0.1, -0.05) is 12.1 Å². The Balaban J connectivity index is 1.89. The van der Waals surface area contributed by atoms with Crippen molar-refractivity contribution < 1.29 is 4.79 Å². The number of carbonyl (C=O) groups is 1. The van der Waals surface area contributed by atoms with Crippen LogP contribution in [0.4, 0.5) is 11.6 Å². The maximum absolute atomic E-state index is 12.5. The molecule has 0 atom stereocenters. The molecule has 1 aliphatic rings.